The Bertz CT molecular complexity index is 205. The molecule has 3 unspecified atom stereocenters. The predicted octanol–water partition coefficient (Wildman–Crippen LogP) is 4.32. The topological polar surface area (TPSA) is 12.0 Å². The van der Waals surface area contributed by atoms with Crippen LogP contribution in [-0.2, 0) is 0 Å². The van der Waals surface area contributed by atoms with Crippen LogP contribution < -0.4 is 5.32 Å². The maximum absolute atomic E-state index is 3.86. The van der Waals surface area contributed by atoms with E-state index in [1.54, 1.807) is 0 Å². The zero-order valence-corrected chi connectivity index (χ0v) is 13.2. The fraction of sp³-hybridized carbons (Fsp3) is 1.00. The molecule has 0 spiro atoms. The smallest absolute Gasteiger partial charge is 0.0276 e. The molecule has 3 atom stereocenters. The van der Waals surface area contributed by atoms with Crippen molar-refractivity contribution in [2.75, 3.05) is 12.8 Å². The van der Waals surface area contributed by atoms with Crippen LogP contribution in [0.25, 0.3) is 0 Å². The van der Waals surface area contributed by atoms with Crippen LogP contribution >= 0.6 is 11.8 Å². The summed E-state index contributed by atoms with van der Waals surface area (Å²) in [6, 6.07) is 0.760. The van der Waals surface area contributed by atoms with Crippen LogP contribution in [0.2, 0.25) is 0 Å². The molecule has 1 rings (SSSR count). The molecule has 0 aliphatic heterocycles. The van der Waals surface area contributed by atoms with Gasteiger partial charge in [0.05, 0.1) is 0 Å². The van der Waals surface area contributed by atoms with Gasteiger partial charge in [-0.25, -0.2) is 0 Å². The fourth-order valence-corrected chi connectivity index (χ4v) is 3.95. The molecule has 0 saturated heterocycles. The molecule has 1 fully saturated rings. The molecule has 0 heterocycles. The molecule has 0 amide bonds. The van der Waals surface area contributed by atoms with Crippen LogP contribution in [0.4, 0.5) is 0 Å². The van der Waals surface area contributed by atoms with Crippen molar-refractivity contribution in [2.45, 2.75) is 70.6 Å². The van der Waals surface area contributed by atoms with E-state index in [-0.39, 0.29) is 0 Å². The predicted molar refractivity (Wildman–Crippen MR) is 80.8 cm³/mol. The minimum absolute atomic E-state index is 0.461. The Kier molecular flexibility index (Phi) is 6.36. The molecular weight excluding hydrogens is 226 g/mol. The van der Waals surface area contributed by atoms with Crippen molar-refractivity contribution in [3.05, 3.63) is 0 Å². The SMILES string of the molecule is CCC(CC)(CNC1CCC(C)CC1C)SC. The fourth-order valence-electron chi connectivity index (χ4n) is 3.15. The molecule has 0 aromatic carbocycles. The highest BCUT2D eigenvalue weighted by Crippen LogP contribution is 2.32. The first-order chi connectivity index (χ1) is 8.06. The lowest BCUT2D eigenvalue weighted by Crippen LogP contribution is -2.46. The second kappa shape index (κ2) is 7.04. The normalized spacial score (nSPS) is 30.5. The van der Waals surface area contributed by atoms with Gasteiger partial charge in [0.25, 0.3) is 0 Å². The van der Waals surface area contributed by atoms with E-state index in [2.05, 4.69) is 39.3 Å². The van der Waals surface area contributed by atoms with Gasteiger partial charge in [-0.2, -0.15) is 11.8 Å². The molecule has 0 radical (unpaired) electrons. The third-order valence-electron chi connectivity index (χ3n) is 4.84. The molecule has 1 aliphatic carbocycles. The van der Waals surface area contributed by atoms with E-state index >= 15 is 0 Å². The van der Waals surface area contributed by atoms with Gasteiger partial charge in [-0.3, -0.25) is 0 Å². The highest BCUT2D eigenvalue weighted by Gasteiger charge is 2.29. The monoisotopic (exact) mass is 257 g/mol. The number of thioether (sulfide) groups is 1. The van der Waals surface area contributed by atoms with E-state index in [1.807, 2.05) is 11.8 Å². The van der Waals surface area contributed by atoms with Gasteiger partial charge in [0, 0.05) is 17.3 Å². The van der Waals surface area contributed by atoms with E-state index in [9.17, 15) is 0 Å². The van der Waals surface area contributed by atoms with Gasteiger partial charge in [-0.1, -0.05) is 27.7 Å². The first kappa shape index (κ1) is 15.4. The number of rotatable bonds is 6. The molecule has 0 aromatic heterocycles. The summed E-state index contributed by atoms with van der Waals surface area (Å²) in [6.07, 6.45) is 9.00. The maximum Gasteiger partial charge on any atom is 0.0276 e. The Morgan fingerprint density at radius 2 is 1.82 bits per heavy atom. The second-order valence-electron chi connectivity index (χ2n) is 5.98. The molecule has 1 saturated carbocycles. The Labute approximate surface area is 113 Å². The zero-order valence-electron chi connectivity index (χ0n) is 12.4. The Balaban J connectivity index is 2.43. The Morgan fingerprint density at radius 1 is 1.18 bits per heavy atom. The van der Waals surface area contributed by atoms with Crippen LogP contribution in [0.15, 0.2) is 0 Å². The Hall–Kier alpha value is 0.310. The van der Waals surface area contributed by atoms with Crippen molar-refractivity contribution in [1.82, 2.24) is 5.32 Å². The first-order valence-corrected chi connectivity index (χ1v) is 8.58. The highest BCUT2D eigenvalue weighted by atomic mass is 32.2. The standard InChI is InChI=1S/C15H31NS/c1-6-15(7-2,17-5)11-16-14-9-8-12(3)10-13(14)4/h12-14,16H,6-11H2,1-5H3. The molecule has 17 heavy (non-hydrogen) atoms. The summed E-state index contributed by atoms with van der Waals surface area (Å²) in [5.41, 5.74) is 0. The average Bonchev–Trinajstić information content (AvgIpc) is 2.33. The minimum atomic E-state index is 0.461. The average molecular weight is 257 g/mol. The van der Waals surface area contributed by atoms with Crippen molar-refractivity contribution in [1.29, 1.82) is 0 Å². The molecule has 2 heteroatoms. The minimum Gasteiger partial charge on any atom is -0.312 e. The first-order valence-electron chi connectivity index (χ1n) is 7.35. The van der Waals surface area contributed by atoms with Crippen LogP contribution in [0.3, 0.4) is 0 Å². The van der Waals surface area contributed by atoms with Gasteiger partial charge < -0.3 is 5.32 Å². The summed E-state index contributed by atoms with van der Waals surface area (Å²) in [5.74, 6) is 1.79. The van der Waals surface area contributed by atoms with Gasteiger partial charge in [0.15, 0.2) is 0 Å². The number of nitrogens with one attached hydrogen (secondary N) is 1. The zero-order chi connectivity index (χ0) is 12.9. The lowest BCUT2D eigenvalue weighted by Gasteiger charge is -2.37. The molecule has 0 bridgehead atoms. The van der Waals surface area contributed by atoms with Crippen LogP contribution in [0, 0.1) is 11.8 Å². The van der Waals surface area contributed by atoms with E-state index in [4.69, 9.17) is 0 Å². The molecule has 1 N–H and O–H groups in total. The van der Waals surface area contributed by atoms with Crippen molar-refractivity contribution in [3.8, 4) is 0 Å². The van der Waals surface area contributed by atoms with Crippen molar-refractivity contribution >= 4 is 11.8 Å². The molecule has 102 valence electrons. The lowest BCUT2D eigenvalue weighted by atomic mass is 9.79. The third-order valence-corrected chi connectivity index (χ3v) is 6.43. The molecular formula is C15H31NS. The molecule has 1 nitrogen and oxygen atoms in total. The van der Waals surface area contributed by atoms with Crippen molar-refractivity contribution in [3.63, 3.8) is 0 Å². The summed E-state index contributed by atoms with van der Waals surface area (Å²) in [5, 5.41) is 3.86. The van der Waals surface area contributed by atoms with Gasteiger partial charge in [-0.15, -0.1) is 0 Å². The lowest BCUT2D eigenvalue weighted by molar-refractivity contribution is 0.223. The van der Waals surface area contributed by atoms with Gasteiger partial charge in [0.1, 0.15) is 0 Å². The summed E-state index contributed by atoms with van der Waals surface area (Å²) >= 11 is 2.05. The van der Waals surface area contributed by atoms with Crippen LogP contribution in [0.5, 0.6) is 0 Å². The Morgan fingerprint density at radius 3 is 2.29 bits per heavy atom. The van der Waals surface area contributed by atoms with E-state index in [0.29, 0.717) is 4.75 Å². The highest BCUT2D eigenvalue weighted by molar-refractivity contribution is 8.00. The summed E-state index contributed by atoms with van der Waals surface area (Å²) in [4.78, 5) is 0. The quantitative estimate of drug-likeness (QED) is 0.760. The van der Waals surface area contributed by atoms with Gasteiger partial charge in [0.2, 0.25) is 0 Å². The van der Waals surface area contributed by atoms with E-state index in [0.717, 1.165) is 17.9 Å². The molecule has 0 aromatic rings. The largest absolute Gasteiger partial charge is 0.312 e. The number of hydrogen-bond acceptors (Lipinski definition) is 2. The number of hydrogen-bond donors (Lipinski definition) is 1. The second-order valence-corrected chi connectivity index (χ2v) is 7.25. The van der Waals surface area contributed by atoms with Crippen LogP contribution in [-0.4, -0.2) is 23.6 Å². The van der Waals surface area contributed by atoms with E-state index in [1.165, 1.54) is 38.6 Å². The third kappa shape index (κ3) is 4.17. The summed E-state index contributed by atoms with van der Waals surface area (Å²) in [7, 11) is 0. The van der Waals surface area contributed by atoms with E-state index < -0.39 is 0 Å². The van der Waals surface area contributed by atoms with Gasteiger partial charge >= 0.3 is 0 Å². The summed E-state index contributed by atoms with van der Waals surface area (Å²) in [6.45, 7) is 10.7. The maximum atomic E-state index is 3.86. The molecule has 1 aliphatic rings. The van der Waals surface area contributed by atoms with Gasteiger partial charge in [-0.05, 0) is 50.2 Å². The summed E-state index contributed by atoms with van der Waals surface area (Å²) < 4.78 is 0.461. The van der Waals surface area contributed by atoms with Crippen LogP contribution in [0.1, 0.15) is 59.8 Å². The van der Waals surface area contributed by atoms with Crippen molar-refractivity contribution in [2.24, 2.45) is 11.8 Å². The van der Waals surface area contributed by atoms with Crippen molar-refractivity contribution < 1.29 is 0 Å².